The van der Waals surface area contributed by atoms with E-state index in [-0.39, 0.29) is 11.0 Å². The van der Waals surface area contributed by atoms with Gasteiger partial charge >= 0.3 is 5.97 Å². The van der Waals surface area contributed by atoms with Crippen LogP contribution in [0.2, 0.25) is 0 Å². The molecule has 0 fully saturated rings. The van der Waals surface area contributed by atoms with E-state index in [9.17, 15) is 4.79 Å². The molecule has 0 radical (unpaired) electrons. The van der Waals surface area contributed by atoms with Gasteiger partial charge in [0.1, 0.15) is 10.7 Å². The minimum Gasteiger partial charge on any atom is -0.469 e. The number of pyridine rings is 1. The summed E-state index contributed by atoms with van der Waals surface area (Å²) >= 11 is 4.96. The standard InChI is InChI=1S/C12H17N3O2S/c1-15(8-4-6-10(16)17-2)9-5-3-7-14-11(9)12(13)18/h3,5,7H,4,6,8H2,1-2H3,(H2,13,18). The molecule has 0 bridgehead atoms. The SMILES string of the molecule is COC(=O)CCCN(C)c1cccnc1C(N)=S. The Morgan fingerprint density at radius 3 is 2.94 bits per heavy atom. The van der Waals surface area contributed by atoms with Crippen LogP contribution in [0.5, 0.6) is 0 Å². The molecule has 18 heavy (non-hydrogen) atoms. The number of anilines is 1. The third-order valence-electron chi connectivity index (χ3n) is 2.53. The zero-order chi connectivity index (χ0) is 13.5. The van der Waals surface area contributed by atoms with Crippen molar-refractivity contribution in [2.75, 3.05) is 25.6 Å². The molecule has 5 nitrogen and oxygen atoms in total. The molecule has 0 aliphatic rings. The number of thiocarbonyl (C=S) groups is 1. The molecule has 0 unspecified atom stereocenters. The molecule has 98 valence electrons. The Hall–Kier alpha value is -1.69. The number of carbonyl (C=O) groups excluding carboxylic acids is 1. The number of aromatic nitrogens is 1. The summed E-state index contributed by atoms with van der Waals surface area (Å²) in [6, 6.07) is 3.73. The third kappa shape index (κ3) is 3.96. The van der Waals surface area contributed by atoms with E-state index in [1.807, 2.05) is 24.1 Å². The molecule has 0 saturated carbocycles. The first-order valence-electron chi connectivity index (χ1n) is 5.59. The highest BCUT2D eigenvalue weighted by molar-refractivity contribution is 7.80. The van der Waals surface area contributed by atoms with E-state index < -0.39 is 0 Å². The number of nitrogens with two attached hydrogens (primary N) is 1. The van der Waals surface area contributed by atoms with Crippen molar-refractivity contribution in [3.8, 4) is 0 Å². The lowest BCUT2D eigenvalue weighted by molar-refractivity contribution is -0.140. The summed E-state index contributed by atoms with van der Waals surface area (Å²) in [6.07, 6.45) is 2.75. The predicted octanol–water partition coefficient (Wildman–Crippen LogP) is 1.11. The van der Waals surface area contributed by atoms with Gasteiger partial charge in [0.25, 0.3) is 0 Å². The average Bonchev–Trinajstić information content (AvgIpc) is 2.38. The first kappa shape index (κ1) is 14.4. The van der Waals surface area contributed by atoms with Gasteiger partial charge in [-0.05, 0) is 18.6 Å². The van der Waals surface area contributed by atoms with Gasteiger partial charge in [-0.15, -0.1) is 0 Å². The van der Waals surface area contributed by atoms with E-state index in [1.165, 1.54) is 7.11 Å². The molecule has 1 rings (SSSR count). The minimum atomic E-state index is -0.204. The van der Waals surface area contributed by atoms with Crippen LogP contribution in [0.4, 0.5) is 5.69 Å². The molecule has 0 saturated heterocycles. The molecule has 2 N–H and O–H groups in total. The van der Waals surface area contributed by atoms with Crippen molar-refractivity contribution in [2.45, 2.75) is 12.8 Å². The second kappa shape index (κ2) is 6.90. The predicted molar refractivity (Wildman–Crippen MR) is 74.6 cm³/mol. The van der Waals surface area contributed by atoms with Gasteiger partial charge in [0.05, 0.1) is 12.8 Å². The van der Waals surface area contributed by atoms with Gasteiger partial charge in [-0.25, -0.2) is 0 Å². The fraction of sp³-hybridized carbons (Fsp3) is 0.417. The highest BCUT2D eigenvalue weighted by Gasteiger charge is 2.10. The van der Waals surface area contributed by atoms with Gasteiger partial charge in [-0.1, -0.05) is 12.2 Å². The Labute approximate surface area is 112 Å². The van der Waals surface area contributed by atoms with E-state index in [1.54, 1.807) is 6.20 Å². The number of carbonyl (C=O) groups is 1. The number of methoxy groups -OCH3 is 1. The summed E-state index contributed by atoms with van der Waals surface area (Å²) in [5.41, 5.74) is 7.09. The third-order valence-corrected chi connectivity index (χ3v) is 2.73. The lowest BCUT2D eigenvalue weighted by Crippen LogP contribution is -2.24. The Morgan fingerprint density at radius 2 is 2.33 bits per heavy atom. The highest BCUT2D eigenvalue weighted by Crippen LogP contribution is 2.17. The maximum Gasteiger partial charge on any atom is 0.305 e. The van der Waals surface area contributed by atoms with E-state index in [0.717, 1.165) is 5.69 Å². The molecule has 0 aliphatic heterocycles. The molecule has 6 heteroatoms. The van der Waals surface area contributed by atoms with Crippen molar-refractivity contribution in [3.05, 3.63) is 24.0 Å². The number of esters is 1. The van der Waals surface area contributed by atoms with Gasteiger partial charge in [0.15, 0.2) is 0 Å². The summed E-state index contributed by atoms with van der Waals surface area (Å²) in [7, 11) is 3.30. The number of rotatable bonds is 6. The Morgan fingerprint density at radius 1 is 1.61 bits per heavy atom. The number of ether oxygens (including phenoxy) is 1. The topological polar surface area (TPSA) is 68.5 Å². The monoisotopic (exact) mass is 267 g/mol. The van der Waals surface area contributed by atoms with Crippen molar-refractivity contribution in [2.24, 2.45) is 5.73 Å². The maximum atomic E-state index is 11.0. The molecule has 0 spiro atoms. The van der Waals surface area contributed by atoms with E-state index in [4.69, 9.17) is 18.0 Å². The summed E-state index contributed by atoms with van der Waals surface area (Å²) in [5.74, 6) is -0.204. The molecule has 0 aromatic carbocycles. The summed E-state index contributed by atoms with van der Waals surface area (Å²) in [5, 5.41) is 0. The van der Waals surface area contributed by atoms with Crippen LogP contribution < -0.4 is 10.6 Å². The molecule has 1 aromatic rings. The maximum absolute atomic E-state index is 11.0. The second-order valence-electron chi connectivity index (χ2n) is 3.84. The van der Waals surface area contributed by atoms with Crippen molar-refractivity contribution < 1.29 is 9.53 Å². The van der Waals surface area contributed by atoms with Gasteiger partial charge in [-0.2, -0.15) is 0 Å². The quantitative estimate of drug-likeness (QED) is 0.615. The summed E-state index contributed by atoms with van der Waals surface area (Å²) in [6.45, 7) is 0.705. The van der Waals surface area contributed by atoms with E-state index in [0.29, 0.717) is 25.1 Å². The first-order valence-corrected chi connectivity index (χ1v) is 6.00. The van der Waals surface area contributed by atoms with E-state index in [2.05, 4.69) is 9.72 Å². The fourth-order valence-corrected chi connectivity index (χ4v) is 1.74. The van der Waals surface area contributed by atoms with Gasteiger partial charge in [0, 0.05) is 26.2 Å². The Balaban J connectivity index is 2.64. The van der Waals surface area contributed by atoms with Crippen molar-refractivity contribution in [1.82, 2.24) is 4.98 Å². The lowest BCUT2D eigenvalue weighted by atomic mass is 10.2. The van der Waals surface area contributed by atoms with Crippen LogP contribution in [0.15, 0.2) is 18.3 Å². The Bertz CT molecular complexity index is 437. The van der Waals surface area contributed by atoms with Crippen molar-refractivity contribution >= 4 is 28.9 Å². The molecule has 0 aliphatic carbocycles. The Kier molecular flexibility index (Phi) is 5.51. The van der Waals surface area contributed by atoms with E-state index >= 15 is 0 Å². The molecule has 0 atom stereocenters. The normalized spacial score (nSPS) is 9.89. The van der Waals surface area contributed by atoms with Crippen molar-refractivity contribution in [1.29, 1.82) is 0 Å². The zero-order valence-electron chi connectivity index (χ0n) is 10.5. The van der Waals surface area contributed by atoms with Crippen LogP contribution in [-0.4, -0.2) is 36.6 Å². The van der Waals surface area contributed by atoms with Crippen LogP contribution in [0.25, 0.3) is 0 Å². The number of hydrogen-bond acceptors (Lipinski definition) is 5. The lowest BCUT2D eigenvalue weighted by Gasteiger charge is -2.21. The smallest absolute Gasteiger partial charge is 0.305 e. The molecular weight excluding hydrogens is 250 g/mol. The fourth-order valence-electron chi connectivity index (χ4n) is 1.58. The largest absolute Gasteiger partial charge is 0.469 e. The second-order valence-corrected chi connectivity index (χ2v) is 4.28. The zero-order valence-corrected chi connectivity index (χ0v) is 11.4. The average molecular weight is 267 g/mol. The van der Waals surface area contributed by atoms with Crippen LogP contribution >= 0.6 is 12.2 Å². The minimum absolute atomic E-state index is 0.204. The van der Waals surface area contributed by atoms with Crippen LogP contribution in [0.3, 0.4) is 0 Å². The van der Waals surface area contributed by atoms with Gasteiger partial charge in [0.2, 0.25) is 0 Å². The van der Waals surface area contributed by atoms with Crippen molar-refractivity contribution in [3.63, 3.8) is 0 Å². The van der Waals surface area contributed by atoms with Crippen LogP contribution in [-0.2, 0) is 9.53 Å². The van der Waals surface area contributed by atoms with Crippen LogP contribution in [0.1, 0.15) is 18.5 Å². The molecule has 1 aromatic heterocycles. The van der Waals surface area contributed by atoms with Gasteiger partial charge < -0.3 is 15.4 Å². The highest BCUT2D eigenvalue weighted by atomic mass is 32.1. The number of hydrogen-bond donors (Lipinski definition) is 1. The molecule has 1 heterocycles. The first-order chi connectivity index (χ1) is 8.56. The summed E-state index contributed by atoms with van der Waals surface area (Å²) < 4.78 is 4.59. The van der Waals surface area contributed by atoms with Crippen LogP contribution in [0, 0.1) is 0 Å². The molecular formula is C12H17N3O2S. The van der Waals surface area contributed by atoms with Gasteiger partial charge in [-0.3, -0.25) is 9.78 Å². The summed E-state index contributed by atoms with van der Waals surface area (Å²) in [4.78, 5) is 17.4. The number of nitrogens with zero attached hydrogens (tertiary/aromatic N) is 2. The molecule has 0 amide bonds.